The Hall–Kier alpha value is -2.45. The molecule has 1 aromatic carbocycles. The Morgan fingerprint density at radius 3 is 2.78 bits per heavy atom. The minimum absolute atomic E-state index is 0.183. The molecule has 0 spiro atoms. The highest BCUT2D eigenvalue weighted by Gasteiger charge is 2.19. The Morgan fingerprint density at radius 2 is 2.07 bits per heavy atom. The maximum atomic E-state index is 11.7. The van der Waals surface area contributed by atoms with Crippen LogP contribution in [0.25, 0.3) is 21.3 Å². The lowest BCUT2D eigenvalue weighted by molar-refractivity contribution is 0.112. The molecule has 3 heterocycles. The van der Waals surface area contributed by atoms with Crippen LogP contribution in [-0.2, 0) is 6.42 Å². The molecule has 0 aliphatic carbocycles. The van der Waals surface area contributed by atoms with Gasteiger partial charge in [0.1, 0.15) is 11.5 Å². The number of thiazole rings is 1. The summed E-state index contributed by atoms with van der Waals surface area (Å²) in [4.78, 5) is 28.9. The van der Waals surface area contributed by atoms with Crippen molar-refractivity contribution in [2.45, 2.75) is 42.7 Å². The summed E-state index contributed by atoms with van der Waals surface area (Å²) in [5.74, 6) is 0.677. The van der Waals surface area contributed by atoms with Gasteiger partial charge in [-0.25, -0.2) is 15.0 Å². The fourth-order valence-electron chi connectivity index (χ4n) is 2.95. The zero-order valence-electron chi connectivity index (χ0n) is 15.2. The SMILES string of the molecule is CCc1[nH]c2nc(Sc3nc4ccccc4s3)nc(NC(C)C)c2c1C=O. The Labute approximate surface area is 164 Å². The van der Waals surface area contributed by atoms with Crippen LogP contribution in [0.15, 0.2) is 33.8 Å². The second-order valence-electron chi connectivity index (χ2n) is 6.42. The van der Waals surface area contributed by atoms with Gasteiger partial charge in [0.25, 0.3) is 0 Å². The molecule has 0 bridgehead atoms. The molecule has 0 unspecified atom stereocenters. The highest BCUT2D eigenvalue weighted by molar-refractivity contribution is 8.01. The van der Waals surface area contributed by atoms with Crippen molar-refractivity contribution in [2.24, 2.45) is 0 Å². The Balaban J connectivity index is 1.81. The van der Waals surface area contributed by atoms with Gasteiger partial charge in [-0.05, 0) is 44.2 Å². The molecule has 0 radical (unpaired) electrons. The van der Waals surface area contributed by atoms with Crippen molar-refractivity contribution in [2.75, 3.05) is 5.32 Å². The molecule has 0 amide bonds. The number of nitrogens with one attached hydrogen (secondary N) is 2. The van der Waals surface area contributed by atoms with Gasteiger partial charge in [-0.15, -0.1) is 11.3 Å². The predicted molar refractivity (Wildman–Crippen MR) is 111 cm³/mol. The molecule has 0 aliphatic heterocycles. The van der Waals surface area contributed by atoms with Gasteiger partial charge in [0.15, 0.2) is 15.8 Å². The molecule has 0 fully saturated rings. The number of fused-ring (bicyclic) bond motifs is 2. The molecular formula is C19H19N5OS2. The van der Waals surface area contributed by atoms with Crippen LogP contribution in [0.2, 0.25) is 0 Å². The zero-order valence-corrected chi connectivity index (χ0v) is 16.9. The summed E-state index contributed by atoms with van der Waals surface area (Å²) in [5.41, 5.74) is 3.16. The third kappa shape index (κ3) is 3.42. The van der Waals surface area contributed by atoms with Crippen molar-refractivity contribution in [1.29, 1.82) is 0 Å². The van der Waals surface area contributed by atoms with Crippen LogP contribution >= 0.6 is 23.1 Å². The van der Waals surface area contributed by atoms with E-state index in [-0.39, 0.29) is 6.04 Å². The number of aldehydes is 1. The number of aromatic nitrogens is 4. The molecule has 2 N–H and O–H groups in total. The van der Waals surface area contributed by atoms with Gasteiger partial charge in [-0.1, -0.05) is 19.1 Å². The second kappa shape index (κ2) is 7.28. The van der Waals surface area contributed by atoms with Crippen LogP contribution in [-0.4, -0.2) is 32.3 Å². The molecule has 0 saturated carbocycles. The molecule has 6 nitrogen and oxygen atoms in total. The van der Waals surface area contributed by atoms with E-state index in [4.69, 9.17) is 4.98 Å². The number of aromatic amines is 1. The summed E-state index contributed by atoms with van der Waals surface area (Å²) in [6.07, 6.45) is 1.61. The molecule has 8 heteroatoms. The predicted octanol–water partition coefficient (Wildman–Crippen LogP) is 4.91. The van der Waals surface area contributed by atoms with Crippen LogP contribution in [0.4, 0.5) is 5.82 Å². The smallest absolute Gasteiger partial charge is 0.198 e. The van der Waals surface area contributed by atoms with E-state index in [2.05, 4.69) is 26.3 Å². The van der Waals surface area contributed by atoms with E-state index in [0.29, 0.717) is 22.2 Å². The average molecular weight is 398 g/mol. The number of hydrogen-bond acceptors (Lipinski definition) is 7. The summed E-state index contributed by atoms with van der Waals surface area (Å²) in [5, 5.41) is 4.71. The quantitative estimate of drug-likeness (QED) is 0.355. The average Bonchev–Trinajstić information content (AvgIpc) is 3.20. The molecule has 0 saturated heterocycles. The number of nitrogens with zero attached hydrogens (tertiary/aromatic N) is 3. The first-order chi connectivity index (χ1) is 13.1. The van der Waals surface area contributed by atoms with Crippen molar-refractivity contribution in [3.63, 3.8) is 0 Å². The Kier molecular flexibility index (Phi) is 4.84. The second-order valence-corrected chi connectivity index (χ2v) is 8.66. The molecule has 27 heavy (non-hydrogen) atoms. The summed E-state index contributed by atoms with van der Waals surface area (Å²) in [6, 6.07) is 8.23. The van der Waals surface area contributed by atoms with E-state index in [1.807, 2.05) is 39.0 Å². The van der Waals surface area contributed by atoms with Crippen molar-refractivity contribution in [3.05, 3.63) is 35.5 Å². The topological polar surface area (TPSA) is 83.6 Å². The first-order valence-corrected chi connectivity index (χ1v) is 10.4. The van der Waals surface area contributed by atoms with E-state index in [1.54, 1.807) is 11.3 Å². The first-order valence-electron chi connectivity index (χ1n) is 8.76. The van der Waals surface area contributed by atoms with Gasteiger partial charge in [-0.2, -0.15) is 0 Å². The van der Waals surface area contributed by atoms with Crippen LogP contribution in [0, 0.1) is 0 Å². The third-order valence-corrected chi connectivity index (χ3v) is 6.06. The fraction of sp³-hybridized carbons (Fsp3) is 0.263. The normalized spacial score (nSPS) is 11.6. The number of aryl methyl sites for hydroxylation is 1. The summed E-state index contributed by atoms with van der Waals surface area (Å²) in [7, 11) is 0. The van der Waals surface area contributed by atoms with E-state index in [0.717, 1.165) is 38.3 Å². The summed E-state index contributed by atoms with van der Waals surface area (Å²) < 4.78 is 2.03. The Morgan fingerprint density at radius 1 is 1.26 bits per heavy atom. The first kappa shape index (κ1) is 17.9. The number of H-pyrrole nitrogens is 1. The minimum Gasteiger partial charge on any atom is -0.367 e. The van der Waals surface area contributed by atoms with Crippen LogP contribution in [0.5, 0.6) is 0 Å². The number of carbonyl (C=O) groups is 1. The molecule has 4 rings (SSSR count). The Bertz CT molecular complexity index is 1100. The van der Waals surface area contributed by atoms with E-state index in [9.17, 15) is 4.79 Å². The number of hydrogen-bond donors (Lipinski definition) is 2. The van der Waals surface area contributed by atoms with Crippen LogP contribution in [0.3, 0.4) is 0 Å². The third-order valence-electron chi connectivity index (χ3n) is 4.10. The van der Waals surface area contributed by atoms with Crippen LogP contribution < -0.4 is 5.32 Å². The van der Waals surface area contributed by atoms with Gasteiger partial charge < -0.3 is 10.3 Å². The van der Waals surface area contributed by atoms with E-state index in [1.165, 1.54) is 11.8 Å². The minimum atomic E-state index is 0.183. The van der Waals surface area contributed by atoms with Gasteiger partial charge in [0.05, 0.1) is 15.6 Å². The highest BCUT2D eigenvalue weighted by Crippen LogP contribution is 2.35. The van der Waals surface area contributed by atoms with Crippen molar-refractivity contribution >= 4 is 56.5 Å². The molecule has 3 aromatic heterocycles. The molecule has 0 aliphatic rings. The van der Waals surface area contributed by atoms with E-state index >= 15 is 0 Å². The van der Waals surface area contributed by atoms with Gasteiger partial charge >= 0.3 is 0 Å². The highest BCUT2D eigenvalue weighted by atomic mass is 32.2. The number of benzene rings is 1. The van der Waals surface area contributed by atoms with Crippen LogP contribution in [0.1, 0.15) is 36.8 Å². The van der Waals surface area contributed by atoms with Gasteiger partial charge in [0, 0.05) is 17.3 Å². The van der Waals surface area contributed by atoms with Crippen molar-refractivity contribution < 1.29 is 4.79 Å². The molecule has 138 valence electrons. The lowest BCUT2D eigenvalue weighted by Crippen LogP contribution is -2.12. The van der Waals surface area contributed by atoms with Gasteiger partial charge in [-0.3, -0.25) is 4.79 Å². The molecular weight excluding hydrogens is 378 g/mol. The van der Waals surface area contributed by atoms with Gasteiger partial charge in [0.2, 0.25) is 0 Å². The van der Waals surface area contributed by atoms with Crippen molar-refractivity contribution in [3.8, 4) is 0 Å². The summed E-state index contributed by atoms with van der Waals surface area (Å²) in [6.45, 7) is 6.10. The number of rotatable bonds is 6. The standard InChI is InChI=1S/C19H19N5OS2/c1-4-12-11(9-25)15-16(20-10(2)3)23-18(24-17(15)21-12)27-19-22-13-7-5-6-8-14(13)26-19/h5-10H,4H2,1-3H3,(H2,20,21,23,24). The largest absolute Gasteiger partial charge is 0.367 e. The maximum Gasteiger partial charge on any atom is 0.198 e. The molecule has 4 aromatic rings. The number of carbonyl (C=O) groups excluding carboxylic acids is 1. The lowest BCUT2D eigenvalue weighted by Gasteiger charge is -2.11. The summed E-state index contributed by atoms with van der Waals surface area (Å²) >= 11 is 3.06. The monoisotopic (exact) mass is 397 g/mol. The number of para-hydroxylation sites is 1. The fourth-order valence-corrected chi connectivity index (χ4v) is 4.88. The maximum absolute atomic E-state index is 11.7. The zero-order chi connectivity index (χ0) is 19.0. The molecule has 0 atom stereocenters. The van der Waals surface area contributed by atoms with Crippen molar-refractivity contribution in [1.82, 2.24) is 19.9 Å². The lowest BCUT2D eigenvalue weighted by atomic mass is 10.1. The number of anilines is 1. The van der Waals surface area contributed by atoms with E-state index < -0.39 is 0 Å².